The first-order chi connectivity index (χ1) is 19.1. The summed E-state index contributed by atoms with van der Waals surface area (Å²) < 4.78 is 0. The van der Waals surface area contributed by atoms with Crippen molar-refractivity contribution in [2.24, 2.45) is 0 Å². The summed E-state index contributed by atoms with van der Waals surface area (Å²) in [6.07, 6.45) is 1.75. The van der Waals surface area contributed by atoms with Crippen molar-refractivity contribution in [2.45, 2.75) is 6.92 Å². The Morgan fingerprint density at radius 2 is 1.26 bits per heavy atom. The minimum Gasteiger partial charge on any atom is -0.301 e. The molecule has 1 aliphatic carbocycles. The van der Waals surface area contributed by atoms with Gasteiger partial charge >= 0.3 is 0 Å². The molecule has 0 saturated carbocycles. The number of benzene rings is 5. The van der Waals surface area contributed by atoms with Crippen LogP contribution in [0.25, 0.3) is 27.6 Å². The maximum atomic E-state index is 13.3. The summed E-state index contributed by atoms with van der Waals surface area (Å²) in [5.41, 5.74) is 4.54. The number of thiophene rings is 1. The standard InChI is InChI=1S/C35H23NO2S/c1-22-15-17-32(28-14-8-7-13-27(22)28)36(25-11-3-2-4-12-25)33-18-16-26(39-33)21-31-34(37)29-19-23-9-5-6-10-24(23)20-30(29)35(31)38/h2-21H,1H3. The number of anilines is 3. The maximum Gasteiger partial charge on any atom is 0.197 e. The molecule has 0 bridgehead atoms. The van der Waals surface area contributed by atoms with E-state index in [-0.39, 0.29) is 17.1 Å². The number of hydrogen-bond acceptors (Lipinski definition) is 4. The van der Waals surface area contributed by atoms with Gasteiger partial charge in [-0.1, -0.05) is 72.8 Å². The molecule has 0 fully saturated rings. The van der Waals surface area contributed by atoms with Crippen molar-refractivity contribution in [1.82, 2.24) is 0 Å². The van der Waals surface area contributed by atoms with Crippen LogP contribution in [0, 0.1) is 6.92 Å². The minimum absolute atomic E-state index is 0.208. The van der Waals surface area contributed by atoms with Gasteiger partial charge in [0.05, 0.1) is 11.3 Å². The zero-order valence-corrected chi connectivity index (χ0v) is 22.0. The van der Waals surface area contributed by atoms with Gasteiger partial charge in [0.25, 0.3) is 0 Å². The fourth-order valence-electron chi connectivity index (χ4n) is 5.41. The Morgan fingerprint density at radius 1 is 0.641 bits per heavy atom. The number of Topliss-reactive ketones (excluding diaryl/α,β-unsaturated/α-hetero) is 2. The first-order valence-corrected chi connectivity index (χ1v) is 13.7. The zero-order chi connectivity index (χ0) is 26.5. The Labute approximate surface area is 230 Å². The lowest BCUT2D eigenvalue weighted by atomic mass is 10.0. The Balaban J connectivity index is 1.32. The third-order valence-corrected chi connectivity index (χ3v) is 8.38. The van der Waals surface area contributed by atoms with E-state index in [4.69, 9.17) is 0 Å². The highest BCUT2D eigenvalue weighted by Crippen LogP contribution is 2.43. The van der Waals surface area contributed by atoms with Crippen LogP contribution in [-0.4, -0.2) is 11.6 Å². The van der Waals surface area contributed by atoms with E-state index in [0.29, 0.717) is 11.1 Å². The Hall–Kier alpha value is -4.80. The van der Waals surface area contributed by atoms with E-state index >= 15 is 0 Å². The lowest BCUT2D eigenvalue weighted by Crippen LogP contribution is -2.09. The van der Waals surface area contributed by atoms with Crippen LogP contribution in [0.3, 0.4) is 0 Å². The topological polar surface area (TPSA) is 37.4 Å². The molecular formula is C35H23NO2S. The molecule has 0 amide bonds. The molecule has 0 saturated heterocycles. The molecular weight excluding hydrogens is 498 g/mol. The molecule has 1 aliphatic rings. The largest absolute Gasteiger partial charge is 0.301 e. The number of hydrogen-bond donors (Lipinski definition) is 0. The van der Waals surface area contributed by atoms with Gasteiger partial charge in [-0.05, 0) is 77.2 Å². The van der Waals surface area contributed by atoms with Crippen LogP contribution in [-0.2, 0) is 0 Å². The molecule has 3 nitrogen and oxygen atoms in total. The number of carbonyl (C=O) groups is 2. The molecule has 7 rings (SSSR count). The second-order valence-electron chi connectivity index (χ2n) is 9.76. The Kier molecular flexibility index (Phi) is 5.50. The summed E-state index contributed by atoms with van der Waals surface area (Å²) in [5.74, 6) is -0.416. The first-order valence-electron chi connectivity index (χ1n) is 12.9. The fourth-order valence-corrected chi connectivity index (χ4v) is 6.40. The summed E-state index contributed by atoms with van der Waals surface area (Å²) >= 11 is 1.56. The van der Waals surface area contributed by atoms with E-state index in [1.165, 1.54) is 16.3 Å². The van der Waals surface area contributed by atoms with E-state index in [1.807, 2.05) is 60.7 Å². The molecule has 39 heavy (non-hydrogen) atoms. The summed E-state index contributed by atoms with van der Waals surface area (Å²) in [5, 5.41) is 5.30. The average molecular weight is 522 g/mol. The van der Waals surface area contributed by atoms with Gasteiger partial charge in [0.2, 0.25) is 0 Å². The van der Waals surface area contributed by atoms with Gasteiger partial charge in [-0.25, -0.2) is 0 Å². The lowest BCUT2D eigenvalue weighted by Gasteiger charge is -2.25. The van der Waals surface area contributed by atoms with Gasteiger partial charge in [-0.2, -0.15) is 0 Å². The first kappa shape index (κ1) is 23.3. The SMILES string of the molecule is Cc1ccc(N(c2ccccc2)c2ccc(C=C3C(=O)c4cc5ccccc5cc4C3=O)s2)c2ccccc12. The number of aryl methyl sites for hydroxylation is 1. The van der Waals surface area contributed by atoms with Crippen LogP contribution < -0.4 is 4.90 Å². The Morgan fingerprint density at radius 3 is 1.95 bits per heavy atom. The van der Waals surface area contributed by atoms with Crippen molar-refractivity contribution in [3.63, 3.8) is 0 Å². The number of nitrogens with zero attached hydrogens (tertiary/aromatic N) is 1. The number of carbonyl (C=O) groups excluding carboxylic acids is 2. The van der Waals surface area contributed by atoms with E-state index in [9.17, 15) is 9.59 Å². The number of para-hydroxylation sites is 1. The molecule has 0 unspecified atom stereocenters. The molecule has 0 spiro atoms. The van der Waals surface area contributed by atoms with Gasteiger partial charge in [-0.15, -0.1) is 11.3 Å². The smallest absolute Gasteiger partial charge is 0.197 e. The van der Waals surface area contributed by atoms with E-state index in [2.05, 4.69) is 66.4 Å². The van der Waals surface area contributed by atoms with Gasteiger partial charge in [0.1, 0.15) is 5.00 Å². The molecule has 0 aliphatic heterocycles. The molecule has 1 aromatic heterocycles. The van der Waals surface area contributed by atoms with Crippen LogP contribution in [0.15, 0.2) is 121 Å². The zero-order valence-electron chi connectivity index (χ0n) is 21.2. The van der Waals surface area contributed by atoms with Gasteiger partial charge in [-0.3, -0.25) is 9.59 Å². The Bertz CT molecular complexity index is 1910. The summed E-state index contributed by atoms with van der Waals surface area (Å²) in [6.45, 7) is 2.13. The van der Waals surface area contributed by atoms with E-state index < -0.39 is 0 Å². The van der Waals surface area contributed by atoms with Gasteiger partial charge < -0.3 is 4.90 Å². The van der Waals surface area contributed by atoms with Crippen molar-refractivity contribution in [1.29, 1.82) is 0 Å². The second kappa shape index (κ2) is 9.19. The summed E-state index contributed by atoms with van der Waals surface area (Å²) in [4.78, 5) is 29.7. The highest BCUT2D eigenvalue weighted by molar-refractivity contribution is 7.17. The number of rotatable bonds is 4. The minimum atomic E-state index is -0.208. The summed E-state index contributed by atoms with van der Waals surface area (Å²) in [6, 6.07) is 38.6. The predicted molar refractivity (Wildman–Crippen MR) is 162 cm³/mol. The lowest BCUT2D eigenvalue weighted by molar-refractivity contribution is 0.0990. The number of allylic oxidation sites excluding steroid dienone is 1. The number of fused-ring (bicyclic) bond motifs is 3. The molecule has 1 heterocycles. The van der Waals surface area contributed by atoms with Crippen molar-refractivity contribution in [3.05, 3.63) is 142 Å². The predicted octanol–water partition coefficient (Wildman–Crippen LogP) is 9.30. The molecule has 186 valence electrons. The van der Waals surface area contributed by atoms with Crippen LogP contribution in [0.5, 0.6) is 0 Å². The van der Waals surface area contributed by atoms with Crippen molar-refractivity contribution < 1.29 is 9.59 Å². The molecule has 5 aromatic carbocycles. The van der Waals surface area contributed by atoms with E-state index in [0.717, 1.165) is 32.0 Å². The molecule has 0 N–H and O–H groups in total. The highest BCUT2D eigenvalue weighted by Gasteiger charge is 2.33. The monoisotopic (exact) mass is 521 g/mol. The van der Waals surface area contributed by atoms with Gasteiger partial charge in [0, 0.05) is 27.1 Å². The van der Waals surface area contributed by atoms with Crippen molar-refractivity contribution in [2.75, 3.05) is 4.90 Å². The third-order valence-electron chi connectivity index (χ3n) is 7.36. The molecule has 6 aromatic rings. The fraction of sp³-hybridized carbons (Fsp3) is 0.0286. The highest BCUT2D eigenvalue weighted by atomic mass is 32.1. The van der Waals surface area contributed by atoms with Crippen LogP contribution in [0.4, 0.5) is 16.4 Å². The molecule has 0 atom stereocenters. The molecule has 4 heteroatoms. The van der Waals surface area contributed by atoms with Crippen LogP contribution in [0.2, 0.25) is 0 Å². The average Bonchev–Trinajstić information content (AvgIpc) is 3.52. The quantitative estimate of drug-likeness (QED) is 0.171. The second-order valence-corrected chi connectivity index (χ2v) is 10.8. The normalized spacial score (nSPS) is 12.8. The van der Waals surface area contributed by atoms with Crippen LogP contribution >= 0.6 is 11.3 Å². The van der Waals surface area contributed by atoms with Crippen molar-refractivity contribution in [3.8, 4) is 0 Å². The molecule has 0 radical (unpaired) electrons. The van der Waals surface area contributed by atoms with Gasteiger partial charge in [0.15, 0.2) is 11.6 Å². The van der Waals surface area contributed by atoms with Crippen LogP contribution in [0.1, 0.15) is 31.2 Å². The van der Waals surface area contributed by atoms with Crippen molar-refractivity contribution >= 4 is 66.9 Å². The third kappa shape index (κ3) is 3.89. The van der Waals surface area contributed by atoms with E-state index in [1.54, 1.807) is 17.4 Å². The maximum absolute atomic E-state index is 13.3. The number of ketones is 2. The summed E-state index contributed by atoms with van der Waals surface area (Å²) in [7, 11) is 0.